The van der Waals surface area contributed by atoms with E-state index in [1.807, 2.05) is 36.1 Å². The lowest BCUT2D eigenvalue weighted by molar-refractivity contribution is -0.147. The van der Waals surface area contributed by atoms with E-state index in [-0.39, 0.29) is 24.0 Å². The Morgan fingerprint density at radius 3 is 2.43 bits per heavy atom. The topological polar surface area (TPSA) is 71.1 Å². The van der Waals surface area contributed by atoms with Gasteiger partial charge in [0.05, 0.1) is 12.7 Å². The molecule has 1 N–H and O–H groups in total. The van der Waals surface area contributed by atoms with Gasteiger partial charge in [-0.2, -0.15) is 0 Å². The zero-order valence-corrected chi connectivity index (χ0v) is 17.0. The first-order valence-corrected chi connectivity index (χ1v) is 10.2. The minimum absolute atomic E-state index is 0.0424. The van der Waals surface area contributed by atoms with Crippen LogP contribution in [0.2, 0.25) is 0 Å². The molecule has 3 atom stereocenters. The van der Waals surface area contributed by atoms with Crippen LogP contribution in [-0.2, 0) is 20.7 Å². The number of hydrogen-bond donors (Lipinski definition) is 1. The zero-order valence-electron chi connectivity index (χ0n) is 17.0. The van der Waals surface area contributed by atoms with Crippen LogP contribution >= 0.6 is 0 Å². The number of morpholine rings is 1. The Balaban J connectivity index is 1.49. The van der Waals surface area contributed by atoms with Crippen molar-refractivity contribution in [3.63, 3.8) is 0 Å². The number of ether oxygens (including phenoxy) is 2. The van der Waals surface area contributed by atoms with E-state index < -0.39 is 6.10 Å². The van der Waals surface area contributed by atoms with E-state index in [2.05, 4.69) is 12.2 Å². The van der Waals surface area contributed by atoms with Crippen molar-refractivity contribution in [2.75, 3.05) is 39.3 Å². The molecule has 0 aliphatic carbocycles. The van der Waals surface area contributed by atoms with Crippen LogP contribution in [0, 0.1) is 0 Å². The van der Waals surface area contributed by atoms with Crippen molar-refractivity contribution >= 4 is 11.8 Å². The minimum atomic E-state index is -0.553. The number of nitrogens with one attached hydrogen (secondary N) is 1. The Bertz CT molecular complexity index is 671. The number of rotatable bonds is 5. The highest BCUT2D eigenvalue weighted by Gasteiger charge is 2.34. The Morgan fingerprint density at radius 2 is 1.82 bits per heavy atom. The van der Waals surface area contributed by atoms with Crippen LogP contribution in [0.25, 0.3) is 0 Å². The lowest BCUT2D eigenvalue weighted by atomic mass is 10.1. The smallest absolute Gasteiger partial charge is 0.263 e. The van der Waals surface area contributed by atoms with Crippen LogP contribution in [0.3, 0.4) is 0 Å². The van der Waals surface area contributed by atoms with Crippen LogP contribution in [0.5, 0.6) is 5.75 Å². The molecule has 2 aliphatic heterocycles. The second kappa shape index (κ2) is 9.39. The largest absolute Gasteiger partial charge is 0.481 e. The third-order valence-electron chi connectivity index (χ3n) is 5.48. The predicted octanol–water partition coefficient (Wildman–Crippen LogP) is 1.06. The van der Waals surface area contributed by atoms with Gasteiger partial charge in [0, 0.05) is 32.7 Å². The third-order valence-corrected chi connectivity index (χ3v) is 5.48. The average molecular weight is 389 g/mol. The summed E-state index contributed by atoms with van der Waals surface area (Å²) >= 11 is 0. The summed E-state index contributed by atoms with van der Waals surface area (Å²) in [4.78, 5) is 29.0. The summed E-state index contributed by atoms with van der Waals surface area (Å²) in [5, 5.41) is 3.24. The first kappa shape index (κ1) is 20.6. The standard InChI is InChI=1S/C21H31N3O4/c1-4-17-5-7-18(8-6-17)28-16(3)20(25)23-10-12-24(13-11-23)21(26)19-15(2)27-14-9-22-19/h5-8,15-16,19,22H,4,9-14H2,1-3H3/t15-,16?,19+/m1/s1. The van der Waals surface area contributed by atoms with Crippen molar-refractivity contribution in [2.24, 2.45) is 0 Å². The van der Waals surface area contributed by atoms with Gasteiger partial charge >= 0.3 is 0 Å². The fraction of sp³-hybridized carbons (Fsp3) is 0.619. The average Bonchev–Trinajstić information content (AvgIpc) is 2.73. The van der Waals surface area contributed by atoms with Crippen LogP contribution in [-0.4, -0.2) is 79.2 Å². The van der Waals surface area contributed by atoms with Crippen molar-refractivity contribution in [2.45, 2.75) is 45.4 Å². The summed E-state index contributed by atoms with van der Waals surface area (Å²) in [7, 11) is 0. The maximum atomic E-state index is 12.7. The second-order valence-electron chi connectivity index (χ2n) is 7.42. The van der Waals surface area contributed by atoms with Gasteiger partial charge in [-0.3, -0.25) is 9.59 Å². The molecule has 0 spiro atoms. The van der Waals surface area contributed by atoms with Gasteiger partial charge in [-0.25, -0.2) is 0 Å². The van der Waals surface area contributed by atoms with E-state index in [4.69, 9.17) is 9.47 Å². The zero-order chi connectivity index (χ0) is 20.1. The fourth-order valence-corrected chi connectivity index (χ4v) is 3.67. The molecule has 7 nitrogen and oxygen atoms in total. The number of carbonyl (C=O) groups is 2. The summed E-state index contributed by atoms with van der Waals surface area (Å²) in [5.41, 5.74) is 1.24. The van der Waals surface area contributed by atoms with E-state index in [0.29, 0.717) is 45.1 Å². The maximum Gasteiger partial charge on any atom is 0.263 e. The summed E-state index contributed by atoms with van der Waals surface area (Å²) in [6, 6.07) is 7.53. The van der Waals surface area contributed by atoms with E-state index in [1.54, 1.807) is 11.8 Å². The van der Waals surface area contributed by atoms with Crippen molar-refractivity contribution in [3.05, 3.63) is 29.8 Å². The van der Waals surface area contributed by atoms with Crippen LogP contribution < -0.4 is 10.1 Å². The molecule has 1 aromatic carbocycles. The molecule has 3 rings (SSSR count). The first-order chi connectivity index (χ1) is 13.5. The van der Waals surface area contributed by atoms with Crippen LogP contribution in [0.1, 0.15) is 26.3 Å². The van der Waals surface area contributed by atoms with Crippen LogP contribution in [0.4, 0.5) is 0 Å². The highest BCUT2D eigenvalue weighted by Crippen LogP contribution is 2.16. The summed E-state index contributed by atoms with van der Waals surface area (Å²) in [6.45, 7) is 9.23. The lowest BCUT2D eigenvalue weighted by Gasteiger charge is -2.39. The van der Waals surface area contributed by atoms with Gasteiger partial charge in [-0.1, -0.05) is 19.1 Å². The van der Waals surface area contributed by atoms with Gasteiger partial charge in [-0.05, 0) is 38.0 Å². The van der Waals surface area contributed by atoms with E-state index in [1.165, 1.54) is 5.56 Å². The number of carbonyl (C=O) groups excluding carboxylic acids is 2. The third kappa shape index (κ3) is 4.83. The molecule has 2 fully saturated rings. The Hall–Kier alpha value is -2.12. The number of benzene rings is 1. The van der Waals surface area contributed by atoms with Gasteiger partial charge < -0.3 is 24.6 Å². The Morgan fingerprint density at radius 1 is 1.18 bits per heavy atom. The highest BCUT2D eigenvalue weighted by molar-refractivity contribution is 5.84. The molecule has 0 saturated carbocycles. The number of amides is 2. The molecule has 2 amide bonds. The highest BCUT2D eigenvalue weighted by atomic mass is 16.5. The molecule has 2 saturated heterocycles. The second-order valence-corrected chi connectivity index (χ2v) is 7.42. The number of nitrogens with zero attached hydrogens (tertiary/aromatic N) is 2. The number of hydrogen-bond acceptors (Lipinski definition) is 5. The summed E-state index contributed by atoms with van der Waals surface area (Å²) in [5.74, 6) is 0.711. The SMILES string of the molecule is CCc1ccc(OC(C)C(=O)N2CCN(C(=O)[C@H]3NCCO[C@@H]3C)CC2)cc1. The molecule has 0 bridgehead atoms. The molecule has 2 aliphatic rings. The first-order valence-electron chi connectivity index (χ1n) is 10.2. The maximum absolute atomic E-state index is 12.7. The molecular formula is C21H31N3O4. The molecule has 28 heavy (non-hydrogen) atoms. The molecule has 0 aromatic heterocycles. The molecular weight excluding hydrogens is 358 g/mol. The monoisotopic (exact) mass is 389 g/mol. The molecule has 0 radical (unpaired) electrons. The van der Waals surface area contributed by atoms with Gasteiger partial charge in [-0.15, -0.1) is 0 Å². The van der Waals surface area contributed by atoms with Gasteiger partial charge in [0.1, 0.15) is 11.8 Å². The molecule has 2 heterocycles. The molecule has 154 valence electrons. The van der Waals surface area contributed by atoms with Gasteiger partial charge in [0.15, 0.2) is 6.10 Å². The lowest BCUT2D eigenvalue weighted by Crippen LogP contribution is -2.60. The van der Waals surface area contributed by atoms with Crippen molar-refractivity contribution < 1.29 is 19.1 Å². The van der Waals surface area contributed by atoms with Crippen molar-refractivity contribution in [3.8, 4) is 5.75 Å². The predicted molar refractivity (Wildman–Crippen MR) is 106 cm³/mol. The summed E-state index contributed by atoms with van der Waals surface area (Å²) in [6.07, 6.45) is 0.288. The van der Waals surface area contributed by atoms with Crippen LogP contribution in [0.15, 0.2) is 24.3 Å². The van der Waals surface area contributed by atoms with Gasteiger partial charge in [0.2, 0.25) is 5.91 Å². The van der Waals surface area contributed by atoms with E-state index in [0.717, 1.165) is 6.42 Å². The minimum Gasteiger partial charge on any atom is -0.481 e. The molecule has 1 unspecified atom stereocenters. The molecule has 1 aromatic rings. The van der Waals surface area contributed by atoms with E-state index in [9.17, 15) is 9.59 Å². The number of piperazine rings is 1. The molecule has 7 heteroatoms. The normalized spacial score (nSPS) is 24.0. The van der Waals surface area contributed by atoms with Crippen molar-refractivity contribution in [1.29, 1.82) is 0 Å². The quantitative estimate of drug-likeness (QED) is 0.816. The van der Waals surface area contributed by atoms with E-state index >= 15 is 0 Å². The van der Waals surface area contributed by atoms with Gasteiger partial charge in [0.25, 0.3) is 5.91 Å². The Labute approximate surface area is 167 Å². The summed E-state index contributed by atoms with van der Waals surface area (Å²) < 4.78 is 11.4. The number of aryl methyl sites for hydroxylation is 1. The Kier molecular flexibility index (Phi) is 6.91. The van der Waals surface area contributed by atoms with Crippen molar-refractivity contribution in [1.82, 2.24) is 15.1 Å². The fourth-order valence-electron chi connectivity index (χ4n) is 3.67.